The van der Waals surface area contributed by atoms with Gasteiger partial charge in [-0.1, -0.05) is 6.07 Å². The summed E-state index contributed by atoms with van der Waals surface area (Å²) in [6.07, 6.45) is 2.58. The number of carbonyl (C=O) groups excluding carboxylic acids is 1. The molecule has 6 heteroatoms. The number of hydrogen-bond acceptors (Lipinski definition) is 4. The highest BCUT2D eigenvalue weighted by Crippen LogP contribution is 2.25. The molecule has 1 aromatic heterocycles. The van der Waals surface area contributed by atoms with Crippen LogP contribution in [0, 0.1) is 12.8 Å². The second-order valence-corrected chi connectivity index (χ2v) is 8.21. The summed E-state index contributed by atoms with van der Waals surface area (Å²) in [7, 11) is 2.19. The molecule has 3 heterocycles. The van der Waals surface area contributed by atoms with Gasteiger partial charge in [0, 0.05) is 70.0 Å². The van der Waals surface area contributed by atoms with Crippen molar-refractivity contribution in [1.29, 1.82) is 0 Å². The van der Waals surface area contributed by atoms with Gasteiger partial charge in [-0.2, -0.15) is 0 Å². The van der Waals surface area contributed by atoms with Crippen molar-refractivity contribution in [2.45, 2.75) is 45.7 Å². The van der Waals surface area contributed by atoms with E-state index < -0.39 is 0 Å². The van der Waals surface area contributed by atoms with E-state index in [2.05, 4.69) is 23.8 Å². The second-order valence-electron chi connectivity index (χ2n) is 8.21. The summed E-state index contributed by atoms with van der Waals surface area (Å²) < 4.78 is 1.69. The van der Waals surface area contributed by atoms with E-state index in [-0.39, 0.29) is 11.5 Å². The smallest absolute Gasteiger partial charge is 0.250 e. The first-order chi connectivity index (χ1) is 13.0. The Labute approximate surface area is 162 Å². The third kappa shape index (κ3) is 4.99. The predicted molar refractivity (Wildman–Crippen MR) is 108 cm³/mol. The van der Waals surface area contributed by atoms with Gasteiger partial charge < -0.3 is 14.4 Å². The second kappa shape index (κ2) is 9.02. The Morgan fingerprint density at radius 3 is 2.41 bits per heavy atom. The molecule has 0 radical (unpaired) electrons. The number of nitrogens with zero attached hydrogens (tertiary/aromatic N) is 4. The van der Waals surface area contributed by atoms with Gasteiger partial charge in [0.2, 0.25) is 5.91 Å². The van der Waals surface area contributed by atoms with E-state index in [0.29, 0.717) is 24.9 Å². The maximum absolute atomic E-state index is 12.6. The predicted octanol–water partition coefficient (Wildman–Crippen LogP) is 1.42. The quantitative estimate of drug-likeness (QED) is 0.782. The van der Waals surface area contributed by atoms with Gasteiger partial charge >= 0.3 is 0 Å². The summed E-state index contributed by atoms with van der Waals surface area (Å²) in [5, 5.41) is 0. The Morgan fingerprint density at radius 1 is 1.11 bits per heavy atom. The lowest BCUT2D eigenvalue weighted by Gasteiger charge is -2.42. The summed E-state index contributed by atoms with van der Waals surface area (Å²) >= 11 is 0. The molecule has 0 saturated carbocycles. The summed E-state index contributed by atoms with van der Waals surface area (Å²) in [6, 6.07) is 5.84. The fourth-order valence-electron chi connectivity index (χ4n) is 4.43. The van der Waals surface area contributed by atoms with E-state index in [9.17, 15) is 9.59 Å². The highest BCUT2D eigenvalue weighted by atomic mass is 16.2. The van der Waals surface area contributed by atoms with Crippen molar-refractivity contribution in [2.24, 2.45) is 5.92 Å². The minimum absolute atomic E-state index is 0.0255. The average Bonchev–Trinajstić information content (AvgIpc) is 2.67. The molecule has 0 bridgehead atoms. The molecular weight excluding hydrogens is 340 g/mol. The van der Waals surface area contributed by atoms with Crippen LogP contribution in [0.1, 0.15) is 31.9 Å². The van der Waals surface area contributed by atoms with Gasteiger partial charge in [-0.05, 0) is 45.7 Å². The van der Waals surface area contributed by atoms with Crippen LogP contribution >= 0.6 is 0 Å². The number of carbonyl (C=O) groups is 1. The van der Waals surface area contributed by atoms with Crippen LogP contribution in [0.25, 0.3) is 0 Å². The molecule has 2 fully saturated rings. The van der Waals surface area contributed by atoms with Crippen molar-refractivity contribution in [1.82, 2.24) is 19.3 Å². The summed E-state index contributed by atoms with van der Waals surface area (Å²) in [5.41, 5.74) is 0.887. The molecule has 0 aliphatic carbocycles. The van der Waals surface area contributed by atoms with E-state index in [0.717, 1.165) is 57.8 Å². The molecule has 1 amide bonds. The molecule has 1 aromatic rings. The molecule has 1 unspecified atom stereocenters. The lowest BCUT2D eigenvalue weighted by molar-refractivity contribution is -0.133. The third-order valence-electron chi connectivity index (χ3n) is 6.51. The first-order valence-corrected chi connectivity index (χ1v) is 10.3. The molecule has 0 aromatic carbocycles. The first kappa shape index (κ1) is 20.1. The number of piperazine rings is 1. The van der Waals surface area contributed by atoms with E-state index >= 15 is 0 Å². The van der Waals surface area contributed by atoms with Crippen molar-refractivity contribution in [3.8, 4) is 0 Å². The number of piperidine rings is 1. The van der Waals surface area contributed by atoms with Crippen LogP contribution in [-0.2, 0) is 11.3 Å². The van der Waals surface area contributed by atoms with Crippen LogP contribution in [-0.4, -0.2) is 77.5 Å². The standard InChI is InChI=1S/C21H34N4O2/c1-17-5-4-6-21(27)25(17)12-9-20(26)24-10-7-19(8-11-24)18(2)23-15-13-22(3)14-16-23/h4-6,18-19H,7-16H2,1-3H3. The Kier molecular flexibility index (Phi) is 6.71. The van der Waals surface area contributed by atoms with Gasteiger partial charge in [-0.15, -0.1) is 0 Å². The zero-order valence-electron chi connectivity index (χ0n) is 17.1. The maximum atomic E-state index is 12.6. The normalized spacial score (nSPS) is 21.4. The van der Waals surface area contributed by atoms with Crippen molar-refractivity contribution >= 4 is 5.91 Å². The van der Waals surface area contributed by atoms with E-state index in [1.54, 1.807) is 16.7 Å². The van der Waals surface area contributed by atoms with Crippen molar-refractivity contribution in [3.63, 3.8) is 0 Å². The molecule has 150 valence electrons. The van der Waals surface area contributed by atoms with Crippen LogP contribution in [0.4, 0.5) is 0 Å². The maximum Gasteiger partial charge on any atom is 0.250 e. The number of amides is 1. The SMILES string of the molecule is Cc1cccc(=O)n1CCC(=O)N1CCC(C(C)N2CCN(C)CC2)CC1. The number of pyridine rings is 1. The van der Waals surface area contributed by atoms with E-state index in [1.165, 1.54) is 0 Å². The fourth-order valence-corrected chi connectivity index (χ4v) is 4.43. The Bertz CT molecular complexity index is 686. The number of likely N-dealkylation sites (tertiary alicyclic amines) is 1. The minimum Gasteiger partial charge on any atom is -0.343 e. The zero-order chi connectivity index (χ0) is 19.4. The van der Waals surface area contributed by atoms with Crippen LogP contribution in [0.15, 0.2) is 23.0 Å². The Morgan fingerprint density at radius 2 is 1.78 bits per heavy atom. The minimum atomic E-state index is -0.0255. The third-order valence-corrected chi connectivity index (χ3v) is 6.51. The monoisotopic (exact) mass is 374 g/mol. The lowest BCUT2D eigenvalue weighted by Crippen LogP contribution is -2.52. The van der Waals surface area contributed by atoms with Crippen LogP contribution in [0.2, 0.25) is 0 Å². The van der Waals surface area contributed by atoms with Gasteiger partial charge in [-0.3, -0.25) is 14.5 Å². The topological polar surface area (TPSA) is 48.8 Å². The molecule has 2 aliphatic heterocycles. The number of rotatable bonds is 5. The van der Waals surface area contributed by atoms with Crippen molar-refractivity contribution in [3.05, 3.63) is 34.2 Å². The zero-order valence-corrected chi connectivity index (χ0v) is 17.1. The highest BCUT2D eigenvalue weighted by Gasteiger charge is 2.30. The molecule has 3 rings (SSSR count). The van der Waals surface area contributed by atoms with Crippen LogP contribution in [0.5, 0.6) is 0 Å². The fraction of sp³-hybridized carbons (Fsp3) is 0.714. The molecule has 1 atom stereocenters. The molecule has 2 aliphatic rings. The Balaban J connectivity index is 1.46. The largest absolute Gasteiger partial charge is 0.343 e. The molecule has 0 spiro atoms. The van der Waals surface area contributed by atoms with Crippen LogP contribution < -0.4 is 5.56 Å². The first-order valence-electron chi connectivity index (χ1n) is 10.3. The van der Waals surface area contributed by atoms with Gasteiger partial charge in [0.1, 0.15) is 0 Å². The lowest BCUT2D eigenvalue weighted by atomic mass is 9.89. The summed E-state index contributed by atoms with van der Waals surface area (Å²) in [5.74, 6) is 0.854. The van der Waals surface area contributed by atoms with E-state index in [1.807, 2.05) is 17.9 Å². The average molecular weight is 375 g/mol. The molecule has 6 nitrogen and oxygen atoms in total. The molecule has 27 heavy (non-hydrogen) atoms. The van der Waals surface area contributed by atoms with Crippen LogP contribution in [0.3, 0.4) is 0 Å². The van der Waals surface area contributed by atoms with Gasteiger partial charge in [0.05, 0.1) is 0 Å². The number of hydrogen-bond donors (Lipinski definition) is 0. The summed E-state index contributed by atoms with van der Waals surface area (Å²) in [6.45, 7) is 11.1. The van der Waals surface area contributed by atoms with Gasteiger partial charge in [-0.25, -0.2) is 0 Å². The Hall–Kier alpha value is -1.66. The molecule has 2 saturated heterocycles. The van der Waals surface area contributed by atoms with Crippen molar-refractivity contribution in [2.75, 3.05) is 46.3 Å². The number of likely N-dealkylation sites (N-methyl/N-ethyl adjacent to an activating group) is 1. The highest BCUT2D eigenvalue weighted by molar-refractivity contribution is 5.76. The van der Waals surface area contributed by atoms with Gasteiger partial charge in [0.15, 0.2) is 0 Å². The summed E-state index contributed by atoms with van der Waals surface area (Å²) in [4.78, 5) is 31.6. The van der Waals surface area contributed by atoms with E-state index in [4.69, 9.17) is 0 Å². The van der Waals surface area contributed by atoms with Gasteiger partial charge in [0.25, 0.3) is 5.56 Å². The number of aryl methyl sites for hydroxylation is 1. The molecule has 0 N–H and O–H groups in total. The number of aromatic nitrogens is 1. The van der Waals surface area contributed by atoms with Crippen molar-refractivity contribution < 1.29 is 4.79 Å². The molecular formula is C21H34N4O2.